The zero-order valence-electron chi connectivity index (χ0n) is 16.8. The number of fused-ring (bicyclic) bond motifs is 2. The molecule has 31 heavy (non-hydrogen) atoms. The normalized spacial score (nSPS) is 15.1. The number of aromatic nitrogens is 1. The minimum Gasteiger partial charge on any atom is -0.339 e. The lowest BCUT2D eigenvalue weighted by Crippen LogP contribution is -2.29. The van der Waals surface area contributed by atoms with Crippen LogP contribution >= 0.6 is 0 Å². The number of allylic oxidation sites excluding steroid dienone is 1. The third-order valence-electron chi connectivity index (χ3n) is 5.60. The molecular formula is C27H19N3O. The number of hydrogen-bond donors (Lipinski definition) is 0. The summed E-state index contributed by atoms with van der Waals surface area (Å²) in [6.45, 7) is 0.191. The van der Waals surface area contributed by atoms with Gasteiger partial charge < -0.3 is 4.90 Å². The summed E-state index contributed by atoms with van der Waals surface area (Å²) in [5.41, 5.74) is 4.86. The Bertz CT molecular complexity index is 1350. The summed E-state index contributed by atoms with van der Waals surface area (Å²) in [4.78, 5) is 19.7. The molecule has 4 heteroatoms. The van der Waals surface area contributed by atoms with E-state index in [9.17, 15) is 10.1 Å². The molecule has 1 aliphatic heterocycles. The first kappa shape index (κ1) is 18.8. The monoisotopic (exact) mass is 401 g/mol. The van der Waals surface area contributed by atoms with Gasteiger partial charge in [-0.3, -0.25) is 4.79 Å². The molecule has 2 heterocycles. The van der Waals surface area contributed by atoms with Crippen molar-refractivity contribution >= 4 is 27.9 Å². The molecule has 148 valence electrons. The molecule has 1 aliphatic rings. The van der Waals surface area contributed by atoms with Crippen LogP contribution in [0.25, 0.3) is 16.5 Å². The van der Waals surface area contributed by atoms with Crippen molar-refractivity contribution in [3.05, 3.63) is 114 Å². The summed E-state index contributed by atoms with van der Waals surface area (Å²) in [5, 5.41) is 11.1. The van der Waals surface area contributed by atoms with E-state index >= 15 is 0 Å². The van der Waals surface area contributed by atoms with Crippen LogP contribution in [0.4, 0.5) is 5.69 Å². The highest BCUT2D eigenvalue weighted by Gasteiger charge is 2.29. The van der Waals surface area contributed by atoms with E-state index in [0.29, 0.717) is 5.56 Å². The van der Waals surface area contributed by atoms with Crippen molar-refractivity contribution in [1.82, 2.24) is 4.98 Å². The van der Waals surface area contributed by atoms with Crippen molar-refractivity contribution in [2.45, 2.75) is 5.92 Å². The number of Topliss-reactive ketones (excluding diaryl/α,β-unsaturated/α-hetero) is 1. The van der Waals surface area contributed by atoms with Crippen molar-refractivity contribution in [3.63, 3.8) is 0 Å². The number of nitrogens with zero attached hydrogens (tertiary/aromatic N) is 3. The number of para-hydroxylation sites is 2. The maximum absolute atomic E-state index is 12.9. The first-order valence-corrected chi connectivity index (χ1v) is 10.2. The SMILES string of the molecule is N#C[C@@H]1C(c2ccc3ccccc3n2)=CN(CC(=O)c2ccccc2)c2ccccc21. The van der Waals surface area contributed by atoms with Crippen LogP contribution in [0.1, 0.15) is 27.5 Å². The number of anilines is 1. The molecule has 0 N–H and O–H groups in total. The Labute approximate surface area is 180 Å². The van der Waals surface area contributed by atoms with Gasteiger partial charge in [0.2, 0.25) is 0 Å². The largest absolute Gasteiger partial charge is 0.339 e. The summed E-state index contributed by atoms with van der Waals surface area (Å²) >= 11 is 0. The lowest BCUT2D eigenvalue weighted by Gasteiger charge is -2.31. The standard InChI is InChI=1S/C27H19N3O/c28-16-22-21-11-5-7-13-26(21)30(18-27(31)20-9-2-1-3-10-20)17-23(22)25-15-14-19-8-4-6-12-24(19)29-25/h1-15,17,22H,18H2/t22-/m0/s1. The summed E-state index contributed by atoms with van der Waals surface area (Å²) in [7, 11) is 0. The van der Waals surface area contributed by atoms with Crippen molar-refractivity contribution in [2.24, 2.45) is 0 Å². The first-order chi connectivity index (χ1) is 15.2. The number of nitriles is 1. The Kier molecular flexibility index (Phi) is 4.78. The van der Waals surface area contributed by atoms with Gasteiger partial charge in [-0.2, -0.15) is 5.26 Å². The zero-order chi connectivity index (χ0) is 21.2. The van der Waals surface area contributed by atoms with Crippen LogP contribution in [0, 0.1) is 11.3 Å². The summed E-state index contributed by atoms with van der Waals surface area (Å²) in [6, 6.07) is 31.4. The van der Waals surface area contributed by atoms with Crippen LogP contribution < -0.4 is 4.90 Å². The molecule has 0 aliphatic carbocycles. The molecule has 5 rings (SSSR count). The third kappa shape index (κ3) is 3.47. The van der Waals surface area contributed by atoms with Crippen LogP contribution in [0.2, 0.25) is 0 Å². The highest BCUT2D eigenvalue weighted by Crippen LogP contribution is 2.41. The second-order valence-electron chi connectivity index (χ2n) is 7.51. The van der Waals surface area contributed by atoms with Gasteiger partial charge in [-0.05, 0) is 23.8 Å². The van der Waals surface area contributed by atoms with Gasteiger partial charge in [-0.15, -0.1) is 0 Å². The molecular weight excluding hydrogens is 382 g/mol. The predicted octanol–water partition coefficient (Wildman–Crippen LogP) is 5.59. The molecule has 0 radical (unpaired) electrons. The van der Waals surface area contributed by atoms with Gasteiger partial charge in [0.1, 0.15) is 5.92 Å². The number of carbonyl (C=O) groups excluding carboxylic acids is 1. The van der Waals surface area contributed by atoms with Crippen molar-refractivity contribution in [1.29, 1.82) is 5.26 Å². The Hall–Kier alpha value is -4.23. The van der Waals surface area contributed by atoms with E-state index < -0.39 is 5.92 Å². The number of ketones is 1. The number of rotatable bonds is 4. The van der Waals surface area contributed by atoms with Gasteiger partial charge >= 0.3 is 0 Å². The van der Waals surface area contributed by atoms with E-state index in [1.807, 2.05) is 102 Å². The van der Waals surface area contributed by atoms with Gasteiger partial charge in [0.15, 0.2) is 5.78 Å². The quantitative estimate of drug-likeness (QED) is 0.419. The molecule has 0 fully saturated rings. The Morgan fingerprint density at radius 1 is 0.903 bits per heavy atom. The lowest BCUT2D eigenvalue weighted by atomic mass is 9.86. The molecule has 0 saturated carbocycles. The van der Waals surface area contributed by atoms with Crippen LogP contribution in [0.3, 0.4) is 0 Å². The maximum atomic E-state index is 12.9. The molecule has 1 atom stereocenters. The molecule has 0 amide bonds. The molecule has 0 bridgehead atoms. The summed E-state index contributed by atoms with van der Waals surface area (Å²) in [6.07, 6.45) is 1.91. The van der Waals surface area contributed by atoms with E-state index in [1.54, 1.807) is 0 Å². The Morgan fingerprint density at radius 3 is 2.48 bits per heavy atom. The average molecular weight is 401 g/mol. The van der Waals surface area contributed by atoms with E-state index in [2.05, 4.69) is 6.07 Å². The van der Waals surface area contributed by atoms with E-state index in [1.165, 1.54) is 0 Å². The molecule has 3 aromatic carbocycles. The van der Waals surface area contributed by atoms with Gasteiger partial charge in [-0.25, -0.2) is 4.98 Å². The minimum absolute atomic E-state index is 0.0212. The van der Waals surface area contributed by atoms with Crippen LogP contribution in [-0.4, -0.2) is 17.3 Å². The predicted molar refractivity (Wildman–Crippen MR) is 123 cm³/mol. The number of pyridine rings is 1. The lowest BCUT2D eigenvalue weighted by molar-refractivity contribution is 0.100. The van der Waals surface area contributed by atoms with Gasteiger partial charge in [-0.1, -0.05) is 72.8 Å². The smallest absolute Gasteiger partial charge is 0.182 e. The van der Waals surface area contributed by atoms with Crippen LogP contribution in [-0.2, 0) is 0 Å². The number of hydrogen-bond acceptors (Lipinski definition) is 4. The Balaban J connectivity index is 1.60. The third-order valence-corrected chi connectivity index (χ3v) is 5.60. The molecule has 0 unspecified atom stereocenters. The highest BCUT2D eigenvalue weighted by molar-refractivity contribution is 6.00. The zero-order valence-corrected chi connectivity index (χ0v) is 16.8. The van der Waals surface area contributed by atoms with Gasteiger partial charge in [0.25, 0.3) is 0 Å². The maximum Gasteiger partial charge on any atom is 0.182 e. The Morgan fingerprint density at radius 2 is 1.65 bits per heavy atom. The van der Waals surface area contributed by atoms with Crippen molar-refractivity contribution in [3.8, 4) is 6.07 Å². The van der Waals surface area contributed by atoms with E-state index in [0.717, 1.165) is 33.4 Å². The van der Waals surface area contributed by atoms with E-state index in [4.69, 9.17) is 4.98 Å². The summed E-state index contributed by atoms with van der Waals surface area (Å²) in [5.74, 6) is -0.430. The fourth-order valence-electron chi connectivity index (χ4n) is 4.05. The first-order valence-electron chi connectivity index (χ1n) is 10.2. The molecule has 0 spiro atoms. The molecule has 0 saturated heterocycles. The van der Waals surface area contributed by atoms with Crippen LogP contribution in [0.15, 0.2) is 97.2 Å². The number of benzene rings is 3. The molecule has 4 nitrogen and oxygen atoms in total. The van der Waals surface area contributed by atoms with E-state index in [-0.39, 0.29) is 12.3 Å². The summed E-state index contributed by atoms with van der Waals surface area (Å²) < 4.78 is 0. The second kappa shape index (κ2) is 7.89. The fourth-order valence-corrected chi connectivity index (χ4v) is 4.05. The van der Waals surface area contributed by atoms with Crippen molar-refractivity contribution < 1.29 is 4.79 Å². The van der Waals surface area contributed by atoms with Crippen LogP contribution in [0.5, 0.6) is 0 Å². The minimum atomic E-state index is -0.451. The fraction of sp³-hybridized carbons (Fsp3) is 0.0741. The topological polar surface area (TPSA) is 57.0 Å². The highest BCUT2D eigenvalue weighted by atomic mass is 16.1. The molecule has 1 aromatic heterocycles. The molecule has 4 aromatic rings. The van der Waals surface area contributed by atoms with Gasteiger partial charge in [0, 0.05) is 28.4 Å². The number of carbonyl (C=O) groups is 1. The second-order valence-corrected chi connectivity index (χ2v) is 7.51. The van der Waals surface area contributed by atoms with Gasteiger partial charge in [0.05, 0.1) is 23.8 Å². The average Bonchev–Trinajstić information content (AvgIpc) is 2.84. The van der Waals surface area contributed by atoms with Crippen molar-refractivity contribution in [2.75, 3.05) is 11.4 Å².